The molecule has 34 heavy (non-hydrogen) atoms. The smallest absolute Gasteiger partial charge is 0.266 e. The van der Waals surface area contributed by atoms with Gasteiger partial charge in [0.25, 0.3) is 16.0 Å². The molecule has 1 amide bonds. The Morgan fingerprint density at radius 2 is 1.94 bits per heavy atom. The number of carbonyl (C=O) groups is 1. The van der Waals surface area contributed by atoms with E-state index in [0.717, 1.165) is 23.0 Å². The van der Waals surface area contributed by atoms with Gasteiger partial charge in [-0.1, -0.05) is 54.3 Å². The van der Waals surface area contributed by atoms with Crippen molar-refractivity contribution in [3.8, 4) is 22.7 Å². The Morgan fingerprint density at radius 1 is 1.18 bits per heavy atom. The summed E-state index contributed by atoms with van der Waals surface area (Å²) in [6.45, 7) is 2.22. The topological polar surface area (TPSA) is 102 Å². The number of thiocarbonyl (C=S) groups is 1. The molecule has 0 unspecified atom stereocenters. The highest BCUT2D eigenvalue weighted by molar-refractivity contribution is 8.26. The summed E-state index contributed by atoms with van der Waals surface area (Å²) in [5.41, 5.74) is 3.00. The Balaban J connectivity index is 1.74. The standard InChI is InChI=1S/C23H21N3O5S3/c1-2-31-19-10-6-7-16(13-19)21-17(15-26(24-21)18-8-4-3-5-9-18)14-20-22(27)25(23(32)33-20)11-12-34(28,29)30/h3-10,13-15H,2,11-12H2,1H3,(H,28,29,30)/b20-14-. The number of nitrogens with zero attached hydrogens (tertiary/aromatic N) is 3. The monoisotopic (exact) mass is 515 g/mol. The van der Waals surface area contributed by atoms with Gasteiger partial charge in [0.1, 0.15) is 15.8 Å². The van der Waals surface area contributed by atoms with Gasteiger partial charge in [0, 0.05) is 23.9 Å². The van der Waals surface area contributed by atoms with Gasteiger partial charge < -0.3 is 4.74 Å². The summed E-state index contributed by atoms with van der Waals surface area (Å²) >= 11 is 6.34. The molecule has 0 radical (unpaired) electrons. The molecule has 2 aromatic carbocycles. The van der Waals surface area contributed by atoms with Gasteiger partial charge in [-0.25, -0.2) is 4.68 Å². The van der Waals surface area contributed by atoms with Gasteiger partial charge in [-0.15, -0.1) is 0 Å². The number of rotatable bonds is 8. The van der Waals surface area contributed by atoms with Crippen molar-refractivity contribution in [2.45, 2.75) is 6.92 Å². The summed E-state index contributed by atoms with van der Waals surface area (Å²) in [6, 6.07) is 17.1. The van der Waals surface area contributed by atoms with Crippen molar-refractivity contribution in [2.75, 3.05) is 18.9 Å². The third-order valence-corrected chi connectivity index (χ3v) is 6.99. The molecule has 0 atom stereocenters. The number of hydrogen-bond donors (Lipinski definition) is 1. The number of benzene rings is 2. The van der Waals surface area contributed by atoms with E-state index in [1.807, 2.05) is 67.7 Å². The first-order valence-corrected chi connectivity index (χ1v) is 13.2. The number of hydrogen-bond acceptors (Lipinski definition) is 7. The fourth-order valence-electron chi connectivity index (χ4n) is 3.37. The van der Waals surface area contributed by atoms with Gasteiger partial charge in [0.2, 0.25) is 0 Å². The van der Waals surface area contributed by atoms with Crippen LogP contribution in [0.4, 0.5) is 0 Å². The molecule has 1 N–H and O–H groups in total. The van der Waals surface area contributed by atoms with E-state index in [-0.39, 0.29) is 10.9 Å². The highest BCUT2D eigenvalue weighted by atomic mass is 32.2. The lowest BCUT2D eigenvalue weighted by molar-refractivity contribution is -0.121. The predicted molar refractivity (Wildman–Crippen MR) is 136 cm³/mol. The molecule has 1 saturated heterocycles. The molecule has 1 aliphatic rings. The number of amides is 1. The number of carbonyl (C=O) groups excluding carboxylic acids is 1. The molecule has 0 spiro atoms. The van der Waals surface area contributed by atoms with Crippen LogP contribution < -0.4 is 4.74 Å². The van der Waals surface area contributed by atoms with Crippen LogP contribution in [0.5, 0.6) is 5.75 Å². The molecular formula is C23H21N3O5S3. The van der Waals surface area contributed by atoms with E-state index in [9.17, 15) is 13.2 Å². The number of para-hydroxylation sites is 1. The molecular weight excluding hydrogens is 494 g/mol. The lowest BCUT2D eigenvalue weighted by Gasteiger charge is -2.12. The van der Waals surface area contributed by atoms with Crippen molar-refractivity contribution in [3.63, 3.8) is 0 Å². The summed E-state index contributed by atoms with van der Waals surface area (Å²) in [5.74, 6) is -0.300. The summed E-state index contributed by atoms with van der Waals surface area (Å²) in [7, 11) is -4.22. The van der Waals surface area contributed by atoms with E-state index in [1.165, 1.54) is 4.90 Å². The maximum absolute atomic E-state index is 12.9. The summed E-state index contributed by atoms with van der Waals surface area (Å²) < 4.78 is 38.9. The molecule has 176 valence electrons. The SMILES string of the molecule is CCOc1cccc(-c2nn(-c3ccccc3)cc2/C=C2\SC(=S)N(CCS(=O)(=O)O)C2=O)c1. The molecule has 0 aliphatic carbocycles. The van der Waals surface area contributed by atoms with Gasteiger partial charge in [-0.05, 0) is 37.3 Å². The van der Waals surface area contributed by atoms with Crippen LogP contribution >= 0.6 is 24.0 Å². The molecule has 1 aliphatic heterocycles. The van der Waals surface area contributed by atoms with Gasteiger partial charge in [-0.3, -0.25) is 14.2 Å². The molecule has 0 bridgehead atoms. The number of ether oxygens (including phenoxy) is 1. The number of aromatic nitrogens is 2. The molecule has 3 aromatic rings. The van der Waals surface area contributed by atoms with Crippen molar-refractivity contribution >= 4 is 50.4 Å². The zero-order valence-corrected chi connectivity index (χ0v) is 20.6. The number of thioether (sulfide) groups is 1. The first kappa shape index (κ1) is 24.1. The largest absolute Gasteiger partial charge is 0.494 e. The van der Waals surface area contributed by atoms with E-state index in [2.05, 4.69) is 0 Å². The van der Waals surface area contributed by atoms with Crippen LogP contribution in [0.15, 0.2) is 65.7 Å². The van der Waals surface area contributed by atoms with Gasteiger partial charge in [0.05, 0.1) is 23.0 Å². The van der Waals surface area contributed by atoms with Crippen molar-refractivity contribution < 1.29 is 22.5 Å². The Labute approximate surface area is 207 Å². The van der Waals surface area contributed by atoms with E-state index in [4.69, 9.17) is 26.6 Å². The third kappa shape index (κ3) is 5.55. The van der Waals surface area contributed by atoms with E-state index in [0.29, 0.717) is 28.5 Å². The molecule has 2 heterocycles. The van der Waals surface area contributed by atoms with Crippen molar-refractivity contribution in [1.29, 1.82) is 0 Å². The molecule has 0 saturated carbocycles. The normalized spacial score (nSPS) is 15.4. The first-order chi connectivity index (χ1) is 16.2. The van der Waals surface area contributed by atoms with Crippen LogP contribution in [0.3, 0.4) is 0 Å². The molecule has 4 rings (SSSR count). The van der Waals surface area contributed by atoms with Gasteiger partial charge >= 0.3 is 0 Å². The van der Waals surface area contributed by atoms with E-state index in [1.54, 1.807) is 10.8 Å². The zero-order valence-electron chi connectivity index (χ0n) is 18.1. The minimum atomic E-state index is -4.22. The minimum Gasteiger partial charge on any atom is -0.494 e. The Kier molecular flexibility index (Phi) is 7.17. The van der Waals surface area contributed by atoms with Crippen LogP contribution in [-0.2, 0) is 14.9 Å². The molecule has 1 fully saturated rings. The lowest BCUT2D eigenvalue weighted by atomic mass is 10.1. The Bertz CT molecular complexity index is 1370. The fraction of sp³-hybridized carbons (Fsp3) is 0.174. The fourth-order valence-corrected chi connectivity index (χ4v) is 5.08. The predicted octanol–water partition coefficient (Wildman–Crippen LogP) is 4.03. The quantitative estimate of drug-likeness (QED) is 0.273. The van der Waals surface area contributed by atoms with Crippen molar-refractivity contribution in [1.82, 2.24) is 14.7 Å². The van der Waals surface area contributed by atoms with Crippen molar-refractivity contribution in [3.05, 3.63) is 71.3 Å². The molecule has 8 nitrogen and oxygen atoms in total. The average molecular weight is 516 g/mol. The van der Waals surface area contributed by atoms with Crippen LogP contribution in [0, 0.1) is 0 Å². The summed E-state index contributed by atoms with van der Waals surface area (Å²) in [5, 5.41) is 4.76. The van der Waals surface area contributed by atoms with E-state index < -0.39 is 21.8 Å². The van der Waals surface area contributed by atoms with E-state index >= 15 is 0 Å². The highest BCUT2D eigenvalue weighted by Gasteiger charge is 2.33. The first-order valence-electron chi connectivity index (χ1n) is 10.3. The van der Waals surface area contributed by atoms with Crippen LogP contribution in [0.1, 0.15) is 12.5 Å². The Hall–Kier alpha value is -2.99. The average Bonchev–Trinajstić information content (AvgIpc) is 3.34. The van der Waals surface area contributed by atoms with Crippen LogP contribution in [0.25, 0.3) is 23.0 Å². The van der Waals surface area contributed by atoms with Crippen LogP contribution in [-0.4, -0.2) is 56.8 Å². The third-order valence-electron chi connectivity index (χ3n) is 4.91. The maximum atomic E-state index is 12.9. The summed E-state index contributed by atoms with van der Waals surface area (Å²) in [4.78, 5) is 14.4. The van der Waals surface area contributed by atoms with Gasteiger partial charge in [0.15, 0.2) is 0 Å². The van der Waals surface area contributed by atoms with Crippen molar-refractivity contribution in [2.24, 2.45) is 0 Å². The van der Waals surface area contributed by atoms with Gasteiger partial charge in [-0.2, -0.15) is 13.5 Å². The lowest BCUT2D eigenvalue weighted by Crippen LogP contribution is -2.32. The highest BCUT2D eigenvalue weighted by Crippen LogP contribution is 2.35. The second-order valence-corrected chi connectivity index (χ2v) is 10.5. The van der Waals surface area contributed by atoms with Crippen LogP contribution in [0.2, 0.25) is 0 Å². The Morgan fingerprint density at radius 3 is 2.65 bits per heavy atom. The second-order valence-electron chi connectivity index (χ2n) is 7.29. The molecule has 1 aromatic heterocycles. The zero-order chi connectivity index (χ0) is 24.3. The minimum absolute atomic E-state index is 0.215. The second kappa shape index (κ2) is 10.1. The molecule has 11 heteroatoms. The maximum Gasteiger partial charge on any atom is 0.266 e. The summed E-state index contributed by atoms with van der Waals surface area (Å²) in [6.07, 6.45) is 3.52.